The number of carbonyl (C=O) groups is 2. The maximum Gasteiger partial charge on any atom is 0.269 e. The molecule has 5 rings (SSSR count). The van der Waals surface area contributed by atoms with E-state index in [2.05, 4.69) is 20.5 Å². The van der Waals surface area contributed by atoms with E-state index in [9.17, 15) is 14.0 Å². The summed E-state index contributed by atoms with van der Waals surface area (Å²) in [7, 11) is 1.47. The van der Waals surface area contributed by atoms with Crippen molar-refractivity contribution in [3.05, 3.63) is 53.5 Å². The number of piperazine rings is 1. The Morgan fingerprint density at radius 3 is 2.67 bits per heavy atom. The summed E-state index contributed by atoms with van der Waals surface area (Å²) in [6, 6.07) is 6.42. The zero-order chi connectivity index (χ0) is 23.3. The van der Waals surface area contributed by atoms with Crippen molar-refractivity contribution in [1.82, 2.24) is 19.8 Å². The van der Waals surface area contributed by atoms with E-state index in [1.165, 1.54) is 13.1 Å². The lowest BCUT2D eigenvalue weighted by Gasteiger charge is -2.36. The molecule has 2 aliphatic rings. The Hall–Kier alpha value is -3.53. The second-order valence-electron chi connectivity index (χ2n) is 8.40. The molecule has 2 amide bonds. The number of hydrogen-bond acceptors (Lipinski definition) is 5. The highest BCUT2D eigenvalue weighted by Gasteiger charge is 2.29. The molecule has 0 saturated carbocycles. The van der Waals surface area contributed by atoms with Crippen LogP contribution in [0, 0.1) is 11.8 Å². The van der Waals surface area contributed by atoms with Crippen molar-refractivity contribution in [1.29, 1.82) is 0 Å². The third-order valence-electron chi connectivity index (χ3n) is 6.45. The number of nitrogens with zero attached hydrogens (tertiary/aromatic N) is 4. The van der Waals surface area contributed by atoms with Gasteiger partial charge >= 0.3 is 0 Å². The number of halogens is 2. The van der Waals surface area contributed by atoms with Gasteiger partial charge in [0.25, 0.3) is 5.91 Å². The number of amides is 2. The number of pyridine rings is 1. The quantitative estimate of drug-likeness (QED) is 0.592. The van der Waals surface area contributed by atoms with Crippen LogP contribution in [0.4, 0.5) is 20.2 Å². The molecule has 172 valence electrons. The second-order valence-corrected chi connectivity index (χ2v) is 8.40. The molecule has 33 heavy (non-hydrogen) atoms. The van der Waals surface area contributed by atoms with Crippen molar-refractivity contribution in [2.75, 3.05) is 43.4 Å². The van der Waals surface area contributed by atoms with Crippen molar-refractivity contribution in [3.8, 4) is 0 Å². The summed E-state index contributed by atoms with van der Waals surface area (Å²) >= 11 is 0. The zero-order valence-electron chi connectivity index (χ0n) is 18.4. The van der Waals surface area contributed by atoms with Gasteiger partial charge in [0.2, 0.25) is 11.9 Å². The number of hydrogen-bond donors (Lipinski definition) is 2. The minimum atomic E-state index is -0.686. The number of rotatable bonds is 4. The van der Waals surface area contributed by atoms with Crippen molar-refractivity contribution in [2.45, 2.75) is 19.5 Å². The minimum absolute atomic E-state index is 0.0301. The van der Waals surface area contributed by atoms with Crippen LogP contribution in [-0.2, 0) is 11.3 Å². The van der Waals surface area contributed by atoms with E-state index < -0.39 is 17.7 Å². The van der Waals surface area contributed by atoms with Gasteiger partial charge in [-0.1, -0.05) is 0 Å². The Morgan fingerprint density at radius 2 is 1.97 bits per heavy atom. The van der Waals surface area contributed by atoms with Gasteiger partial charge in [-0.05, 0) is 31.2 Å². The summed E-state index contributed by atoms with van der Waals surface area (Å²) in [4.78, 5) is 31.6. The Balaban J connectivity index is 1.31. The molecule has 2 N–H and O–H groups in total. The highest BCUT2D eigenvalue weighted by Crippen LogP contribution is 2.36. The van der Waals surface area contributed by atoms with Gasteiger partial charge in [0.1, 0.15) is 17.4 Å². The predicted octanol–water partition coefficient (Wildman–Crippen LogP) is 2.51. The third-order valence-corrected chi connectivity index (χ3v) is 6.45. The highest BCUT2D eigenvalue weighted by molar-refractivity contribution is 6.06. The number of carbonyl (C=O) groups excluding carboxylic acids is 2. The summed E-state index contributed by atoms with van der Waals surface area (Å²) < 4.78 is 31.6. The van der Waals surface area contributed by atoms with Crippen LogP contribution >= 0.6 is 0 Å². The largest absolute Gasteiger partial charge is 0.365 e. The van der Waals surface area contributed by atoms with Gasteiger partial charge in [-0.2, -0.15) is 4.39 Å². The van der Waals surface area contributed by atoms with Crippen molar-refractivity contribution in [3.63, 3.8) is 0 Å². The topological polar surface area (TPSA) is 82.5 Å². The first kappa shape index (κ1) is 21.3. The van der Waals surface area contributed by atoms with E-state index in [1.54, 1.807) is 17.6 Å². The molecule has 10 heteroatoms. The van der Waals surface area contributed by atoms with Gasteiger partial charge in [-0.15, -0.1) is 0 Å². The van der Waals surface area contributed by atoms with E-state index in [1.807, 2.05) is 23.2 Å². The lowest BCUT2D eigenvalue weighted by molar-refractivity contribution is -0.118. The summed E-state index contributed by atoms with van der Waals surface area (Å²) in [5.41, 5.74) is 1.83. The van der Waals surface area contributed by atoms with Crippen LogP contribution in [0.3, 0.4) is 0 Å². The lowest BCUT2D eigenvalue weighted by Crippen LogP contribution is -2.46. The predicted molar refractivity (Wildman–Crippen MR) is 120 cm³/mol. The fourth-order valence-corrected chi connectivity index (χ4v) is 4.58. The minimum Gasteiger partial charge on any atom is -0.365 e. The first-order valence-electron chi connectivity index (χ1n) is 10.9. The zero-order valence-corrected chi connectivity index (χ0v) is 18.4. The number of nitrogens with one attached hydrogen (secondary N) is 2. The average molecular weight is 454 g/mol. The Morgan fingerprint density at radius 1 is 1.21 bits per heavy atom. The van der Waals surface area contributed by atoms with Crippen molar-refractivity contribution >= 4 is 34.1 Å². The molecule has 0 radical (unpaired) electrons. The maximum atomic E-state index is 15.3. The van der Waals surface area contributed by atoms with Crippen LogP contribution in [0.15, 0.2) is 30.5 Å². The monoisotopic (exact) mass is 454 g/mol. The van der Waals surface area contributed by atoms with Gasteiger partial charge in [0.15, 0.2) is 5.82 Å². The Kier molecular flexibility index (Phi) is 5.24. The summed E-state index contributed by atoms with van der Waals surface area (Å²) in [6.07, 6.45) is 1.82. The Bertz CT molecular complexity index is 1270. The first-order valence-corrected chi connectivity index (χ1v) is 10.9. The second kappa shape index (κ2) is 8.11. The van der Waals surface area contributed by atoms with Crippen LogP contribution in [0.2, 0.25) is 0 Å². The molecule has 3 aromatic rings. The molecular weight excluding hydrogens is 430 g/mol. The van der Waals surface area contributed by atoms with E-state index in [4.69, 9.17) is 0 Å². The molecule has 4 heterocycles. The molecule has 8 nitrogen and oxygen atoms in total. The first-order chi connectivity index (χ1) is 15.9. The van der Waals surface area contributed by atoms with Crippen LogP contribution in [-0.4, -0.2) is 59.5 Å². The van der Waals surface area contributed by atoms with E-state index in [0.29, 0.717) is 49.5 Å². The van der Waals surface area contributed by atoms with Crippen molar-refractivity contribution in [2.24, 2.45) is 0 Å². The van der Waals surface area contributed by atoms with Gasteiger partial charge in [0, 0.05) is 56.9 Å². The molecule has 1 atom stereocenters. The van der Waals surface area contributed by atoms with Crippen LogP contribution < -0.4 is 15.5 Å². The van der Waals surface area contributed by atoms with E-state index in [-0.39, 0.29) is 23.3 Å². The molecule has 1 aromatic carbocycles. The molecular formula is C23H24F2N6O2. The molecule has 2 aliphatic heterocycles. The molecule has 0 aliphatic carbocycles. The Labute approximate surface area is 189 Å². The smallest absolute Gasteiger partial charge is 0.269 e. The van der Waals surface area contributed by atoms with Crippen LogP contribution in [0.25, 0.3) is 10.9 Å². The average Bonchev–Trinajstić information content (AvgIpc) is 3.24. The molecule has 0 bridgehead atoms. The van der Waals surface area contributed by atoms with E-state index in [0.717, 1.165) is 5.39 Å². The highest BCUT2D eigenvalue weighted by atomic mass is 19.1. The summed E-state index contributed by atoms with van der Waals surface area (Å²) in [5.74, 6) is -1.77. The normalized spacial score (nSPS) is 18.5. The maximum absolute atomic E-state index is 15.3. The van der Waals surface area contributed by atoms with Gasteiger partial charge in [-0.25, -0.2) is 9.37 Å². The lowest BCUT2D eigenvalue weighted by atomic mass is 10.1. The summed E-state index contributed by atoms with van der Waals surface area (Å²) in [5, 5.41) is 6.03. The van der Waals surface area contributed by atoms with Gasteiger partial charge in [-0.3, -0.25) is 14.5 Å². The van der Waals surface area contributed by atoms with Crippen LogP contribution in [0.1, 0.15) is 29.0 Å². The molecule has 2 aromatic heterocycles. The van der Waals surface area contributed by atoms with Crippen LogP contribution in [0.5, 0.6) is 0 Å². The number of anilines is 2. The fraction of sp³-hybridized carbons (Fsp3) is 0.348. The fourth-order valence-electron chi connectivity index (χ4n) is 4.58. The van der Waals surface area contributed by atoms with Gasteiger partial charge in [0.05, 0.1) is 11.2 Å². The number of benzene rings is 1. The molecule has 1 fully saturated rings. The third kappa shape index (κ3) is 3.60. The molecule has 0 unspecified atom stereocenters. The molecule has 1 saturated heterocycles. The van der Waals surface area contributed by atoms with Crippen molar-refractivity contribution < 1.29 is 18.4 Å². The number of aromatic nitrogens is 2. The summed E-state index contributed by atoms with van der Waals surface area (Å²) in [6.45, 7) is 4.46. The molecule has 0 spiro atoms. The standard InChI is InChI=1S/C23H24F2N6O2/c1-13-22(32)28-19-18(24)15(11-14-5-6-31(13)20(14)19)12-29-7-9-30(10-8-29)17-4-3-16(23(33)26-2)27-21(17)25/h3-6,11,13H,7-10,12H2,1-2H3,(H,26,33)(H,28,32)/t13-/m1/s1. The van der Waals surface area contributed by atoms with Gasteiger partial charge < -0.3 is 20.1 Å². The SMILES string of the molecule is CNC(=O)c1ccc(N2CCN(Cc3cc4ccn5c4c(c3F)NC(=O)[C@H]5C)CC2)c(F)n1. The van der Waals surface area contributed by atoms with E-state index >= 15 is 4.39 Å².